The van der Waals surface area contributed by atoms with E-state index in [0.29, 0.717) is 41.7 Å². The number of para-hydroxylation sites is 1. The molecule has 7 nitrogen and oxygen atoms in total. The molecule has 8 heteroatoms. The molecule has 0 unspecified atom stereocenters. The van der Waals surface area contributed by atoms with E-state index in [0.717, 1.165) is 4.90 Å². The zero-order chi connectivity index (χ0) is 20.8. The predicted octanol–water partition coefficient (Wildman–Crippen LogP) is 3.71. The monoisotopic (exact) mass is 424 g/mol. The molecular formula is C22H20N2O5S. The van der Waals surface area contributed by atoms with Gasteiger partial charge in [0.2, 0.25) is 5.91 Å². The number of furan rings is 1. The standard InChI is InChI=1S/C22H20N2O5S/c25-21(14-30-16-7-8-19-20(12-16)29-11-10-28-19)24-18-6-2-1-5-17(18)22(26)23-13-15-4-3-9-27-15/h1-9,12H,10-11,13-14H2,(H,23,26)(H,24,25). The first-order valence-electron chi connectivity index (χ1n) is 9.41. The van der Waals surface area contributed by atoms with Crippen molar-refractivity contribution >= 4 is 29.3 Å². The van der Waals surface area contributed by atoms with E-state index in [2.05, 4.69) is 10.6 Å². The van der Waals surface area contributed by atoms with E-state index in [-0.39, 0.29) is 24.1 Å². The summed E-state index contributed by atoms with van der Waals surface area (Å²) in [6, 6.07) is 16.0. The minimum absolute atomic E-state index is 0.196. The molecule has 2 heterocycles. The van der Waals surface area contributed by atoms with Gasteiger partial charge in [0.05, 0.1) is 29.8 Å². The van der Waals surface area contributed by atoms with Gasteiger partial charge in [-0.1, -0.05) is 12.1 Å². The summed E-state index contributed by atoms with van der Waals surface area (Å²) in [4.78, 5) is 25.9. The average molecular weight is 424 g/mol. The van der Waals surface area contributed by atoms with Crippen LogP contribution in [-0.2, 0) is 11.3 Å². The number of hydrogen-bond donors (Lipinski definition) is 2. The molecule has 2 N–H and O–H groups in total. The summed E-state index contributed by atoms with van der Waals surface area (Å²) in [5.41, 5.74) is 0.851. The number of anilines is 1. The number of carbonyl (C=O) groups is 2. The second kappa shape index (κ2) is 9.41. The number of amides is 2. The summed E-state index contributed by atoms with van der Waals surface area (Å²) in [5.74, 6) is 1.75. The van der Waals surface area contributed by atoms with E-state index in [1.54, 1.807) is 42.7 Å². The van der Waals surface area contributed by atoms with E-state index < -0.39 is 0 Å². The number of hydrogen-bond acceptors (Lipinski definition) is 6. The largest absolute Gasteiger partial charge is 0.486 e. The molecule has 0 fully saturated rings. The Balaban J connectivity index is 1.34. The van der Waals surface area contributed by atoms with E-state index >= 15 is 0 Å². The van der Waals surface area contributed by atoms with E-state index in [4.69, 9.17) is 13.9 Å². The molecule has 0 saturated carbocycles. The number of rotatable bonds is 7. The van der Waals surface area contributed by atoms with Gasteiger partial charge in [0.15, 0.2) is 11.5 Å². The van der Waals surface area contributed by atoms with Gasteiger partial charge in [-0.25, -0.2) is 0 Å². The fraction of sp³-hybridized carbons (Fsp3) is 0.182. The Kier molecular flexibility index (Phi) is 6.24. The Morgan fingerprint density at radius 1 is 0.967 bits per heavy atom. The van der Waals surface area contributed by atoms with E-state index in [9.17, 15) is 9.59 Å². The van der Waals surface area contributed by atoms with Crippen LogP contribution < -0.4 is 20.1 Å². The Hall–Kier alpha value is -3.39. The van der Waals surface area contributed by atoms with Crippen LogP contribution in [0, 0.1) is 0 Å². The maximum absolute atomic E-state index is 12.5. The van der Waals surface area contributed by atoms with Crippen LogP contribution in [-0.4, -0.2) is 30.8 Å². The fourth-order valence-corrected chi connectivity index (χ4v) is 3.64. The molecule has 1 aromatic heterocycles. The third kappa shape index (κ3) is 4.96. The zero-order valence-electron chi connectivity index (χ0n) is 16.1. The summed E-state index contributed by atoms with van der Waals surface area (Å²) in [5, 5.41) is 5.60. The minimum atomic E-state index is -0.290. The molecule has 154 valence electrons. The van der Waals surface area contributed by atoms with Crippen molar-refractivity contribution in [3.63, 3.8) is 0 Å². The third-order valence-corrected chi connectivity index (χ3v) is 5.33. The lowest BCUT2D eigenvalue weighted by atomic mass is 10.1. The lowest BCUT2D eigenvalue weighted by Crippen LogP contribution is -2.25. The van der Waals surface area contributed by atoms with Crippen LogP contribution in [0.5, 0.6) is 11.5 Å². The van der Waals surface area contributed by atoms with Crippen molar-refractivity contribution in [2.24, 2.45) is 0 Å². The number of nitrogens with one attached hydrogen (secondary N) is 2. The summed E-state index contributed by atoms with van der Waals surface area (Å²) < 4.78 is 16.3. The summed E-state index contributed by atoms with van der Waals surface area (Å²) >= 11 is 1.38. The molecular weight excluding hydrogens is 404 g/mol. The zero-order valence-corrected chi connectivity index (χ0v) is 16.9. The van der Waals surface area contributed by atoms with Gasteiger partial charge in [0, 0.05) is 4.90 Å². The number of benzene rings is 2. The van der Waals surface area contributed by atoms with Gasteiger partial charge >= 0.3 is 0 Å². The average Bonchev–Trinajstić information content (AvgIpc) is 3.30. The second-order valence-electron chi connectivity index (χ2n) is 6.45. The maximum Gasteiger partial charge on any atom is 0.253 e. The fourth-order valence-electron chi connectivity index (χ4n) is 2.91. The highest BCUT2D eigenvalue weighted by atomic mass is 32.2. The molecule has 1 aliphatic heterocycles. The summed E-state index contributed by atoms with van der Waals surface area (Å²) in [6.07, 6.45) is 1.55. The van der Waals surface area contributed by atoms with Crippen LogP contribution in [0.4, 0.5) is 5.69 Å². The second-order valence-corrected chi connectivity index (χ2v) is 7.50. The van der Waals surface area contributed by atoms with Crippen LogP contribution in [0.2, 0.25) is 0 Å². The lowest BCUT2D eigenvalue weighted by molar-refractivity contribution is -0.113. The number of thioether (sulfide) groups is 1. The Morgan fingerprint density at radius 3 is 2.63 bits per heavy atom. The summed E-state index contributed by atoms with van der Waals surface area (Å²) in [7, 11) is 0. The molecule has 0 spiro atoms. The van der Waals surface area contributed by atoms with Crippen LogP contribution in [0.3, 0.4) is 0 Å². The van der Waals surface area contributed by atoms with Crippen molar-refractivity contribution in [1.82, 2.24) is 5.32 Å². The van der Waals surface area contributed by atoms with Crippen LogP contribution in [0.15, 0.2) is 70.2 Å². The molecule has 0 aliphatic carbocycles. The SMILES string of the molecule is O=C(CSc1ccc2c(c1)OCCO2)Nc1ccccc1C(=O)NCc1ccco1. The van der Waals surface area contributed by atoms with Gasteiger partial charge in [0.1, 0.15) is 19.0 Å². The first-order valence-corrected chi connectivity index (χ1v) is 10.4. The van der Waals surface area contributed by atoms with Crippen LogP contribution in [0.25, 0.3) is 0 Å². The predicted molar refractivity (Wildman–Crippen MR) is 113 cm³/mol. The van der Waals surface area contributed by atoms with Gasteiger partial charge in [0.25, 0.3) is 5.91 Å². The van der Waals surface area contributed by atoms with Crippen molar-refractivity contribution in [2.45, 2.75) is 11.4 Å². The van der Waals surface area contributed by atoms with Gasteiger partial charge in [-0.2, -0.15) is 0 Å². The van der Waals surface area contributed by atoms with Gasteiger partial charge in [-0.15, -0.1) is 11.8 Å². The molecule has 1 aliphatic rings. The van der Waals surface area contributed by atoms with Gasteiger partial charge < -0.3 is 24.5 Å². The minimum Gasteiger partial charge on any atom is -0.486 e. The van der Waals surface area contributed by atoms with E-state index in [1.165, 1.54) is 11.8 Å². The molecule has 0 atom stereocenters. The van der Waals surface area contributed by atoms with Crippen molar-refractivity contribution in [1.29, 1.82) is 0 Å². The van der Waals surface area contributed by atoms with Gasteiger partial charge in [-0.3, -0.25) is 9.59 Å². The highest BCUT2D eigenvalue weighted by Crippen LogP contribution is 2.34. The first kappa shape index (κ1) is 19.9. The molecule has 3 aromatic rings. The highest BCUT2D eigenvalue weighted by molar-refractivity contribution is 8.00. The van der Waals surface area contributed by atoms with Crippen molar-refractivity contribution in [3.05, 3.63) is 72.2 Å². The third-order valence-electron chi connectivity index (χ3n) is 4.33. The molecule has 0 bridgehead atoms. The van der Waals surface area contributed by atoms with Crippen molar-refractivity contribution in [3.8, 4) is 11.5 Å². The lowest BCUT2D eigenvalue weighted by Gasteiger charge is -2.18. The first-order chi connectivity index (χ1) is 14.7. The van der Waals surface area contributed by atoms with Crippen molar-refractivity contribution in [2.75, 3.05) is 24.3 Å². The highest BCUT2D eigenvalue weighted by Gasteiger charge is 2.15. The smallest absolute Gasteiger partial charge is 0.253 e. The Morgan fingerprint density at radius 2 is 1.80 bits per heavy atom. The normalized spacial score (nSPS) is 12.3. The van der Waals surface area contributed by atoms with Crippen LogP contribution >= 0.6 is 11.8 Å². The summed E-state index contributed by atoms with van der Waals surface area (Å²) in [6.45, 7) is 1.32. The molecule has 0 radical (unpaired) electrons. The molecule has 2 aromatic carbocycles. The Bertz CT molecular complexity index is 1040. The number of carbonyl (C=O) groups excluding carboxylic acids is 2. The Labute approximate surface area is 177 Å². The number of ether oxygens (including phenoxy) is 2. The molecule has 4 rings (SSSR count). The topological polar surface area (TPSA) is 89.8 Å². The van der Waals surface area contributed by atoms with Crippen LogP contribution in [0.1, 0.15) is 16.1 Å². The molecule has 0 saturated heterocycles. The maximum atomic E-state index is 12.5. The number of fused-ring (bicyclic) bond motifs is 1. The van der Waals surface area contributed by atoms with E-state index in [1.807, 2.05) is 18.2 Å². The molecule has 2 amide bonds. The van der Waals surface area contributed by atoms with Gasteiger partial charge in [-0.05, 0) is 42.5 Å². The van der Waals surface area contributed by atoms with Crippen molar-refractivity contribution < 1.29 is 23.5 Å². The quantitative estimate of drug-likeness (QED) is 0.562. The molecule has 30 heavy (non-hydrogen) atoms.